The summed E-state index contributed by atoms with van der Waals surface area (Å²) in [5, 5.41) is 25.4. The molecule has 0 saturated carbocycles. The lowest BCUT2D eigenvalue weighted by Gasteiger charge is -2.24. The van der Waals surface area contributed by atoms with Crippen molar-refractivity contribution in [1.29, 1.82) is 0 Å². The van der Waals surface area contributed by atoms with Crippen LogP contribution in [0.2, 0.25) is 0 Å². The van der Waals surface area contributed by atoms with Crippen LogP contribution in [0.5, 0.6) is 0 Å². The van der Waals surface area contributed by atoms with Crippen LogP contribution in [-0.4, -0.2) is 33.9 Å². The van der Waals surface area contributed by atoms with Crippen molar-refractivity contribution in [2.75, 3.05) is 13.1 Å². The molecule has 0 radical (unpaired) electrons. The topological polar surface area (TPSA) is 74.5 Å². The second-order valence-electron chi connectivity index (χ2n) is 6.86. The van der Waals surface area contributed by atoms with E-state index in [1.165, 1.54) is 5.56 Å². The first kappa shape index (κ1) is 23.4. The van der Waals surface area contributed by atoms with Crippen molar-refractivity contribution in [3.63, 3.8) is 0 Å². The van der Waals surface area contributed by atoms with E-state index < -0.39 is 5.60 Å². The molecular formula is C21H28IN5OS. The Morgan fingerprint density at radius 3 is 2.76 bits per heavy atom. The Morgan fingerprint density at radius 2 is 2.07 bits per heavy atom. The number of aromatic nitrogens is 2. The summed E-state index contributed by atoms with van der Waals surface area (Å²) in [6.45, 7) is 6.28. The summed E-state index contributed by atoms with van der Waals surface area (Å²) < 4.78 is 1.90. The van der Waals surface area contributed by atoms with Crippen molar-refractivity contribution < 1.29 is 5.11 Å². The Kier molecular flexibility index (Phi) is 9.12. The van der Waals surface area contributed by atoms with Gasteiger partial charge < -0.3 is 15.7 Å². The predicted molar refractivity (Wildman–Crippen MR) is 130 cm³/mol. The fraction of sp³-hybridized carbons (Fsp3) is 0.333. The van der Waals surface area contributed by atoms with Gasteiger partial charge in [0.15, 0.2) is 5.96 Å². The minimum Gasteiger partial charge on any atom is -0.384 e. The van der Waals surface area contributed by atoms with Crippen LogP contribution < -0.4 is 10.6 Å². The molecule has 156 valence electrons. The summed E-state index contributed by atoms with van der Waals surface area (Å²) in [6.07, 6.45) is 3.74. The molecule has 0 amide bonds. The van der Waals surface area contributed by atoms with Gasteiger partial charge in [-0.25, -0.2) is 4.99 Å². The van der Waals surface area contributed by atoms with Gasteiger partial charge in [0.2, 0.25) is 0 Å². The first-order chi connectivity index (χ1) is 13.6. The molecule has 0 aliphatic heterocycles. The van der Waals surface area contributed by atoms with Crippen LogP contribution in [0.15, 0.2) is 64.5 Å². The van der Waals surface area contributed by atoms with Gasteiger partial charge >= 0.3 is 0 Å². The van der Waals surface area contributed by atoms with Gasteiger partial charge in [-0.1, -0.05) is 24.3 Å². The van der Waals surface area contributed by atoms with Crippen molar-refractivity contribution in [2.24, 2.45) is 4.99 Å². The minimum absolute atomic E-state index is 0. The third-order valence-electron chi connectivity index (χ3n) is 4.40. The number of thiophene rings is 1. The number of hydrogen-bond donors (Lipinski definition) is 3. The van der Waals surface area contributed by atoms with Gasteiger partial charge in [-0.3, -0.25) is 4.68 Å². The van der Waals surface area contributed by atoms with Crippen molar-refractivity contribution in [3.8, 4) is 0 Å². The summed E-state index contributed by atoms with van der Waals surface area (Å²) in [7, 11) is 0. The van der Waals surface area contributed by atoms with Crippen LogP contribution in [0.1, 0.15) is 30.5 Å². The van der Waals surface area contributed by atoms with Crippen LogP contribution in [0.3, 0.4) is 0 Å². The van der Waals surface area contributed by atoms with Crippen molar-refractivity contribution >= 4 is 41.3 Å². The van der Waals surface area contributed by atoms with E-state index >= 15 is 0 Å². The van der Waals surface area contributed by atoms with Crippen molar-refractivity contribution in [2.45, 2.75) is 32.5 Å². The van der Waals surface area contributed by atoms with Gasteiger partial charge in [-0.05, 0) is 53.4 Å². The van der Waals surface area contributed by atoms with Crippen LogP contribution in [0, 0.1) is 0 Å². The summed E-state index contributed by atoms with van der Waals surface area (Å²) in [5.41, 5.74) is 2.29. The first-order valence-electron chi connectivity index (χ1n) is 9.39. The molecule has 3 rings (SSSR count). The molecule has 1 aromatic carbocycles. The zero-order valence-corrected chi connectivity index (χ0v) is 19.9. The third-order valence-corrected chi connectivity index (χ3v) is 5.09. The smallest absolute Gasteiger partial charge is 0.191 e. The van der Waals surface area contributed by atoms with E-state index in [9.17, 15) is 5.11 Å². The molecule has 0 aliphatic rings. The summed E-state index contributed by atoms with van der Waals surface area (Å²) in [5.74, 6) is 0.690. The number of nitrogens with zero attached hydrogens (tertiary/aromatic N) is 3. The Morgan fingerprint density at radius 1 is 1.24 bits per heavy atom. The van der Waals surface area contributed by atoms with Gasteiger partial charge in [0.05, 0.1) is 19.6 Å². The van der Waals surface area contributed by atoms with Crippen LogP contribution in [-0.2, 0) is 18.7 Å². The average molecular weight is 525 g/mol. The van der Waals surface area contributed by atoms with Gasteiger partial charge in [0.1, 0.15) is 5.60 Å². The number of aliphatic hydroxyl groups is 1. The van der Waals surface area contributed by atoms with E-state index in [0.717, 1.165) is 24.2 Å². The monoisotopic (exact) mass is 525 g/mol. The van der Waals surface area contributed by atoms with Crippen LogP contribution in [0.25, 0.3) is 0 Å². The summed E-state index contributed by atoms with van der Waals surface area (Å²) in [6, 6.07) is 12.2. The lowest BCUT2D eigenvalue weighted by atomic mass is 9.99. The molecule has 8 heteroatoms. The van der Waals surface area contributed by atoms with Gasteiger partial charge in [0.25, 0.3) is 0 Å². The number of guanidine groups is 1. The minimum atomic E-state index is -0.945. The number of aliphatic imine (C=N–C) groups is 1. The molecule has 2 heterocycles. The molecule has 1 unspecified atom stereocenters. The molecule has 0 spiro atoms. The molecule has 3 N–H and O–H groups in total. The average Bonchev–Trinajstić information content (AvgIpc) is 3.39. The molecule has 6 nitrogen and oxygen atoms in total. The number of halogens is 1. The molecule has 2 aromatic heterocycles. The van der Waals surface area contributed by atoms with E-state index in [4.69, 9.17) is 0 Å². The molecule has 1 atom stereocenters. The summed E-state index contributed by atoms with van der Waals surface area (Å²) >= 11 is 1.58. The van der Waals surface area contributed by atoms with Crippen LogP contribution in [0.4, 0.5) is 0 Å². The maximum atomic E-state index is 10.7. The number of benzene rings is 1. The van der Waals surface area contributed by atoms with E-state index in [0.29, 0.717) is 19.0 Å². The zero-order valence-electron chi connectivity index (χ0n) is 16.7. The standard InChI is InChI=1S/C21H27N5OS.HI/c1-3-22-20(24-16-21(2,27)19-8-11-28-15-19)23-13-17-6-4-7-18(12-17)14-26-10-5-9-25-26;/h4-12,15,27H,3,13-14,16H2,1-2H3,(H2,22,23,24);1H. The highest BCUT2D eigenvalue weighted by Gasteiger charge is 2.23. The molecule has 29 heavy (non-hydrogen) atoms. The Labute approximate surface area is 193 Å². The fourth-order valence-electron chi connectivity index (χ4n) is 2.85. The molecule has 0 saturated heterocycles. The maximum absolute atomic E-state index is 10.7. The molecular weight excluding hydrogens is 497 g/mol. The van der Waals surface area contributed by atoms with E-state index in [2.05, 4.69) is 38.9 Å². The molecule has 0 aliphatic carbocycles. The fourth-order valence-corrected chi connectivity index (χ4v) is 3.63. The Bertz CT molecular complexity index is 878. The summed E-state index contributed by atoms with van der Waals surface area (Å²) in [4.78, 5) is 4.67. The normalized spacial score (nSPS) is 13.4. The maximum Gasteiger partial charge on any atom is 0.191 e. The highest BCUT2D eigenvalue weighted by atomic mass is 127. The number of rotatable bonds is 8. The van der Waals surface area contributed by atoms with E-state index in [1.54, 1.807) is 17.5 Å². The van der Waals surface area contributed by atoms with Crippen LogP contribution >= 0.6 is 35.3 Å². The second-order valence-corrected chi connectivity index (χ2v) is 7.64. The van der Waals surface area contributed by atoms with Crippen molar-refractivity contribution in [3.05, 3.63) is 76.2 Å². The largest absolute Gasteiger partial charge is 0.384 e. The predicted octanol–water partition coefficient (Wildman–Crippen LogP) is 3.57. The zero-order chi connectivity index (χ0) is 19.8. The second kappa shape index (κ2) is 11.3. The van der Waals surface area contributed by atoms with Gasteiger partial charge in [-0.15, -0.1) is 24.0 Å². The Hall–Kier alpha value is -1.91. The molecule has 3 aromatic rings. The SMILES string of the molecule is CCNC(=NCc1cccc(Cn2cccn2)c1)NCC(C)(O)c1ccsc1.I. The third kappa shape index (κ3) is 7.13. The Balaban J connectivity index is 0.00000300. The number of nitrogens with one attached hydrogen (secondary N) is 2. The highest BCUT2D eigenvalue weighted by molar-refractivity contribution is 14.0. The van der Waals surface area contributed by atoms with Crippen molar-refractivity contribution in [1.82, 2.24) is 20.4 Å². The highest BCUT2D eigenvalue weighted by Crippen LogP contribution is 2.21. The van der Waals surface area contributed by atoms with E-state index in [-0.39, 0.29) is 24.0 Å². The first-order valence-corrected chi connectivity index (χ1v) is 10.3. The van der Waals surface area contributed by atoms with E-state index in [1.807, 2.05) is 53.7 Å². The molecule has 0 fully saturated rings. The lowest BCUT2D eigenvalue weighted by molar-refractivity contribution is 0.0621. The lowest BCUT2D eigenvalue weighted by Crippen LogP contribution is -2.44. The number of hydrogen-bond acceptors (Lipinski definition) is 4. The molecule has 0 bridgehead atoms. The quantitative estimate of drug-likeness (QED) is 0.239. The van der Waals surface area contributed by atoms with Gasteiger partial charge in [0, 0.05) is 18.9 Å². The van der Waals surface area contributed by atoms with Gasteiger partial charge in [-0.2, -0.15) is 16.4 Å².